The van der Waals surface area contributed by atoms with Crippen molar-refractivity contribution in [3.05, 3.63) is 98.3 Å². The summed E-state index contributed by atoms with van der Waals surface area (Å²) in [5.74, 6) is -4.02. The molecule has 2 aliphatic carbocycles. The highest BCUT2D eigenvalue weighted by atomic mass is 32.2. The minimum atomic E-state index is -5.28. The smallest absolute Gasteiger partial charge is 0.389 e. The second kappa shape index (κ2) is 7.93. The van der Waals surface area contributed by atoms with Crippen molar-refractivity contribution in [2.24, 2.45) is 0 Å². The average Bonchev–Trinajstić information content (AvgIpc) is 2.77. The van der Waals surface area contributed by atoms with Crippen LogP contribution in [-0.4, -0.2) is 45.0 Å². The third-order valence-electron chi connectivity index (χ3n) is 4.71. The first-order chi connectivity index (χ1) is 15.9. The molecule has 0 unspecified atom stereocenters. The van der Waals surface area contributed by atoms with E-state index in [2.05, 4.69) is 8.57 Å². The third kappa shape index (κ3) is 3.84. The first-order valence-corrected chi connectivity index (χ1v) is 11.9. The minimum Gasteiger partial charge on any atom is -0.389 e. The molecule has 0 aromatic heterocycles. The van der Waals surface area contributed by atoms with E-state index in [9.17, 15) is 41.5 Å². The number of hydrogen-bond donors (Lipinski definition) is 0. The van der Waals surface area contributed by atoms with Gasteiger partial charge < -0.3 is 5.53 Å². The number of nitrogens with zero attached hydrogens (tertiary/aromatic N) is 2. The summed E-state index contributed by atoms with van der Waals surface area (Å²) in [5.41, 5.74) is 9.00. The van der Waals surface area contributed by atoms with Crippen molar-refractivity contribution in [1.29, 1.82) is 0 Å². The zero-order valence-corrected chi connectivity index (χ0v) is 18.2. The molecule has 0 N–H and O–H groups in total. The van der Waals surface area contributed by atoms with Gasteiger partial charge in [-0.15, -0.1) is 0 Å². The lowest BCUT2D eigenvalue weighted by Crippen LogP contribution is -2.29. The first-order valence-electron chi connectivity index (χ1n) is 9.10. The Morgan fingerprint density at radius 3 is 1.26 bits per heavy atom. The molecule has 2 aromatic rings. The fourth-order valence-corrected chi connectivity index (χ4v) is 4.99. The van der Waals surface area contributed by atoms with Crippen LogP contribution in [0.25, 0.3) is 5.53 Å². The standard InChI is InChI=1S/C20H10N2O10S2/c21-22(31-33(27,28)17-9-15(23)11-5-1-3-7-13(11)19(17)25)32-34(29,30)18-10-16(24)12-6-2-4-8-14(12)20(18)26/h1-10H. The van der Waals surface area contributed by atoms with Crippen LogP contribution in [0.2, 0.25) is 0 Å². The minimum absolute atomic E-state index is 0.0705. The molecular formula is C20H10N2O10S2. The van der Waals surface area contributed by atoms with Crippen molar-refractivity contribution in [2.45, 2.75) is 0 Å². The Bertz CT molecular complexity index is 1500. The van der Waals surface area contributed by atoms with Crippen molar-refractivity contribution in [2.75, 3.05) is 0 Å². The van der Waals surface area contributed by atoms with Gasteiger partial charge in [0, 0.05) is 34.4 Å². The Morgan fingerprint density at radius 1 is 0.588 bits per heavy atom. The molecule has 0 bridgehead atoms. The van der Waals surface area contributed by atoms with Crippen LogP contribution in [0.5, 0.6) is 0 Å². The fourth-order valence-electron chi connectivity index (χ4n) is 3.21. The SMILES string of the molecule is [N-]=[N+](OS(=O)(=O)C1=CC(=O)c2ccccc2C1=O)OS(=O)(=O)C1=CC(=O)c2ccccc2C1=O. The number of benzene rings is 2. The number of carbonyl (C=O) groups is 4. The summed E-state index contributed by atoms with van der Waals surface area (Å²) in [6.07, 6.45) is 0.871. The van der Waals surface area contributed by atoms with Crippen LogP contribution >= 0.6 is 0 Å². The number of allylic oxidation sites excluding steroid dienone is 4. The van der Waals surface area contributed by atoms with E-state index < -0.39 is 58.2 Å². The van der Waals surface area contributed by atoms with Gasteiger partial charge in [-0.1, -0.05) is 57.1 Å². The zero-order valence-electron chi connectivity index (χ0n) is 16.6. The topological polar surface area (TPSA) is 180 Å². The summed E-state index contributed by atoms with van der Waals surface area (Å²) in [5, 5.41) is -1.12. The molecule has 0 spiro atoms. The number of ketones is 4. The Morgan fingerprint density at radius 2 is 0.912 bits per heavy atom. The van der Waals surface area contributed by atoms with E-state index in [0.717, 1.165) is 0 Å². The number of carbonyl (C=O) groups excluding carboxylic acids is 4. The first kappa shape index (κ1) is 22.9. The van der Waals surface area contributed by atoms with Crippen molar-refractivity contribution >= 4 is 43.4 Å². The fraction of sp³-hybridized carbons (Fsp3) is 0. The third-order valence-corrected chi connectivity index (χ3v) is 7.04. The van der Waals surface area contributed by atoms with Crippen molar-refractivity contribution in [3.8, 4) is 0 Å². The van der Waals surface area contributed by atoms with Crippen molar-refractivity contribution < 1.29 is 49.6 Å². The van der Waals surface area contributed by atoms with Crippen LogP contribution in [0, 0.1) is 0 Å². The van der Waals surface area contributed by atoms with Crippen LogP contribution in [-0.2, 0) is 28.8 Å². The predicted molar refractivity (Wildman–Crippen MR) is 110 cm³/mol. The van der Waals surface area contributed by atoms with Gasteiger partial charge in [0.05, 0.1) is 0 Å². The summed E-state index contributed by atoms with van der Waals surface area (Å²) >= 11 is 0. The highest BCUT2D eigenvalue weighted by molar-refractivity contribution is 7.92. The van der Waals surface area contributed by atoms with E-state index in [1.54, 1.807) is 0 Å². The molecule has 0 atom stereocenters. The summed E-state index contributed by atoms with van der Waals surface area (Å²) in [6, 6.07) is 10.6. The van der Waals surface area contributed by atoms with E-state index in [1.165, 1.54) is 48.5 Å². The maximum Gasteiger partial charge on any atom is 0.404 e. The Kier molecular flexibility index (Phi) is 5.34. The van der Waals surface area contributed by atoms with Gasteiger partial charge >= 0.3 is 20.2 Å². The van der Waals surface area contributed by atoms with Gasteiger partial charge in [-0.2, -0.15) is 16.8 Å². The average molecular weight is 502 g/mol. The summed E-state index contributed by atoms with van der Waals surface area (Å²) in [7, 11) is -10.6. The molecule has 0 heterocycles. The van der Waals surface area contributed by atoms with Crippen LogP contribution in [0.1, 0.15) is 41.4 Å². The molecule has 34 heavy (non-hydrogen) atoms. The zero-order chi connectivity index (χ0) is 24.8. The van der Waals surface area contributed by atoms with E-state index in [4.69, 9.17) is 0 Å². The van der Waals surface area contributed by atoms with Crippen molar-refractivity contribution in [3.63, 3.8) is 0 Å². The van der Waals surface area contributed by atoms with Crippen LogP contribution < -0.4 is 0 Å². The maximum absolute atomic E-state index is 12.5. The van der Waals surface area contributed by atoms with Crippen molar-refractivity contribution in [1.82, 2.24) is 0 Å². The Balaban J connectivity index is 1.57. The van der Waals surface area contributed by atoms with E-state index in [0.29, 0.717) is 12.2 Å². The molecule has 2 aromatic carbocycles. The number of rotatable bonds is 6. The van der Waals surface area contributed by atoms with Gasteiger partial charge in [0.2, 0.25) is 11.6 Å². The van der Waals surface area contributed by atoms with Crippen LogP contribution in [0.4, 0.5) is 0 Å². The number of fused-ring (bicyclic) bond motifs is 2. The number of Topliss-reactive ketones (excluding diaryl/α,β-unsaturated/α-hetero) is 2. The molecule has 0 aliphatic heterocycles. The molecular weight excluding hydrogens is 492 g/mol. The van der Waals surface area contributed by atoms with Gasteiger partial charge in [-0.25, -0.2) is 0 Å². The van der Waals surface area contributed by atoms with Gasteiger partial charge in [0.1, 0.15) is 0 Å². The second-order valence-electron chi connectivity index (χ2n) is 6.79. The highest BCUT2D eigenvalue weighted by Crippen LogP contribution is 2.27. The van der Waals surface area contributed by atoms with Crippen LogP contribution in [0.3, 0.4) is 0 Å². The molecule has 2 aliphatic rings. The lowest BCUT2D eigenvalue weighted by molar-refractivity contribution is -0.923. The lowest BCUT2D eigenvalue weighted by Gasteiger charge is -2.14. The van der Waals surface area contributed by atoms with E-state index in [-0.39, 0.29) is 22.3 Å². The molecule has 172 valence electrons. The van der Waals surface area contributed by atoms with E-state index >= 15 is 0 Å². The molecule has 12 nitrogen and oxygen atoms in total. The largest absolute Gasteiger partial charge is 0.404 e. The quantitative estimate of drug-likeness (QED) is 0.414. The monoisotopic (exact) mass is 502 g/mol. The van der Waals surface area contributed by atoms with Crippen LogP contribution in [0.15, 0.2) is 70.5 Å². The van der Waals surface area contributed by atoms with Gasteiger partial charge in [0.15, 0.2) is 26.4 Å². The molecule has 0 fully saturated rings. The molecule has 0 amide bonds. The summed E-state index contributed by atoms with van der Waals surface area (Å²) in [6.45, 7) is 0. The summed E-state index contributed by atoms with van der Waals surface area (Å²) < 4.78 is 57.8. The Hall–Kier alpha value is -4.30. The molecule has 0 radical (unpaired) electrons. The maximum atomic E-state index is 12.5. The molecule has 14 heteroatoms. The number of hydrogen-bond acceptors (Lipinski definition) is 10. The second-order valence-corrected chi connectivity index (χ2v) is 9.78. The predicted octanol–water partition coefficient (Wildman–Crippen LogP) is 1.47. The molecule has 0 saturated heterocycles. The van der Waals surface area contributed by atoms with Gasteiger partial charge in [-0.3, -0.25) is 19.2 Å². The summed E-state index contributed by atoms with van der Waals surface area (Å²) in [4.78, 5) is 46.9. The molecule has 4 rings (SSSR count). The van der Waals surface area contributed by atoms with E-state index in [1.807, 2.05) is 0 Å². The molecule has 0 saturated carbocycles. The van der Waals surface area contributed by atoms with Gasteiger partial charge in [0.25, 0.3) is 0 Å². The Labute approximate surface area is 191 Å². The van der Waals surface area contributed by atoms with Gasteiger partial charge in [-0.05, 0) is 0 Å². The lowest BCUT2D eigenvalue weighted by atomic mass is 9.95. The highest BCUT2D eigenvalue weighted by Gasteiger charge is 2.41. The normalized spacial score (nSPS) is 15.6.